The van der Waals surface area contributed by atoms with Gasteiger partial charge in [-0.2, -0.15) is 0 Å². The maximum Gasteiger partial charge on any atom is 0.275 e. The molecule has 1 saturated heterocycles. The van der Waals surface area contributed by atoms with Gasteiger partial charge in [0.25, 0.3) is 5.91 Å². The third kappa shape index (κ3) is 4.23. The zero-order valence-corrected chi connectivity index (χ0v) is 15.4. The van der Waals surface area contributed by atoms with E-state index in [1.807, 2.05) is 0 Å². The summed E-state index contributed by atoms with van der Waals surface area (Å²) in [6, 6.07) is 6.08. The number of carbonyl (C=O) groups is 1. The maximum absolute atomic E-state index is 13.8. The number of pyridine rings is 1. The van der Waals surface area contributed by atoms with Gasteiger partial charge in [0.1, 0.15) is 17.3 Å². The lowest BCUT2D eigenvalue weighted by Crippen LogP contribution is -2.26. The minimum atomic E-state index is -0.464. The Bertz CT molecular complexity index is 972. The van der Waals surface area contributed by atoms with Gasteiger partial charge in [-0.25, -0.2) is 14.4 Å². The SMILES string of the molecule is O=C(Nc1cc(F)cc2cccnc12)c1cnc(NCCN2CCCC2)cn1. The molecule has 0 saturated carbocycles. The molecule has 3 aromatic rings. The summed E-state index contributed by atoms with van der Waals surface area (Å²) in [5.41, 5.74) is 0.971. The van der Waals surface area contributed by atoms with Crippen LogP contribution in [-0.2, 0) is 0 Å². The molecule has 0 radical (unpaired) electrons. The molecule has 28 heavy (non-hydrogen) atoms. The number of amides is 1. The van der Waals surface area contributed by atoms with Gasteiger partial charge in [0.05, 0.1) is 23.6 Å². The molecule has 1 aliphatic heterocycles. The summed E-state index contributed by atoms with van der Waals surface area (Å²) in [5, 5.41) is 6.50. The number of hydrogen-bond acceptors (Lipinski definition) is 6. The number of rotatable bonds is 6. The Morgan fingerprint density at radius 3 is 2.79 bits per heavy atom. The highest BCUT2D eigenvalue weighted by Gasteiger charge is 2.13. The number of halogens is 1. The lowest BCUT2D eigenvalue weighted by Gasteiger charge is -2.14. The number of anilines is 2. The van der Waals surface area contributed by atoms with E-state index in [9.17, 15) is 9.18 Å². The number of hydrogen-bond donors (Lipinski definition) is 2. The predicted octanol–water partition coefficient (Wildman–Crippen LogP) is 2.92. The standard InChI is InChI=1S/C20H21FN6O/c21-15-10-14-4-3-5-23-19(14)16(11-15)26-20(28)17-12-25-18(13-24-17)22-6-9-27-7-1-2-8-27/h3-5,10-13H,1-2,6-9H2,(H,22,25)(H,26,28). The number of nitrogens with one attached hydrogen (secondary N) is 2. The molecule has 0 atom stereocenters. The molecule has 8 heteroatoms. The van der Waals surface area contributed by atoms with Crippen molar-refractivity contribution < 1.29 is 9.18 Å². The first-order chi connectivity index (χ1) is 13.7. The molecular formula is C20H21FN6O. The normalized spacial score (nSPS) is 14.3. The lowest BCUT2D eigenvalue weighted by molar-refractivity contribution is 0.102. The monoisotopic (exact) mass is 380 g/mol. The summed E-state index contributed by atoms with van der Waals surface area (Å²) in [6.45, 7) is 4.04. The van der Waals surface area contributed by atoms with Crippen molar-refractivity contribution >= 4 is 28.3 Å². The molecule has 1 fully saturated rings. The summed E-state index contributed by atoms with van der Waals surface area (Å²) in [7, 11) is 0. The van der Waals surface area contributed by atoms with Gasteiger partial charge < -0.3 is 15.5 Å². The van der Waals surface area contributed by atoms with E-state index in [1.54, 1.807) is 18.3 Å². The highest BCUT2D eigenvalue weighted by atomic mass is 19.1. The molecule has 7 nitrogen and oxygen atoms in total. The van der Waals surface area contributed by atoms with E-state index in [1.165, 1.54) is 37.4 Å². The van der Waals surface area contributed by atoms with Crippen LogP contribution < -0.4 is 10.6 Å². The van der Waals surface area contributed by atoms with E-state index in [2.05, 4.69) is 30.5 Å². The van der Waals surface area contributed by atoms with Crippen LogP contribution in [0, 0.1) is 5.82 Å². The number of likely N-dealkylation sites (tertiary alicyclic amines) is 1. The Balaban J connectivity index is 1.40. The van der Waals surface area contributed by atoms with Crippen molar-refractivity contribution in [3.8, 4) is 0 Å². The van der Waals surface area contributed by atoms with Gasteiger partial charge in [0.15, 0.2) is 0 Å². The summed E-state index contributed by atoms with van der Waals surface area (Å²) >= 11 is 0. The highest BCUT2D eigenvalue weighted by Crippen LogP contribution is 2.23. The second-order valence-electron chi connectivity index (χ2n) is 6.74. The molecule has 1 aromatic carbocycles. The van der Waals surface area contributed by atoms with Crippen LogP contribution in [-0.4, -0.2) is 51.9 Å². The second kappa shape index (κ2) is 8.26. The van der Waals surface area contributed by atoms with Gasteiger partial charge in [-0.1, -0.05) is 6.07 Å². The Labute approximate surface area is 162 Å². The van der Waals surface area contributed by atoms with E-state index >= 15 is 0 Å². The Morgan fingerprint density at radius 2 is 2.00 bits per heavy atom. The van der Waals surface area contributed by atoms with E-state index < -0.39 is 11.7 Å². The number of nitrogens with zero attached hydrogens (tertiary/aromatic N) is 4. The summed E-state index contributed by atoms with van der Waals surface area (Å²) in [4.78, 5) is 27.5. The van der Waals surface area contributed by atoms with Gasteiger partial charge in [-0.3, -0.25) is 9.78 Å². The quantitative estimate of drug-likeness (QED) is 0.684. The van der Waals surface area contributed by atoms with E-state index in [0.717, 1.165) is 26.2 Å². The Hall–Kier alpha value is -3.13. The van der Waals surface area contributed by atoms with Gasteiger partial charge >= 0.3 is 0 Å². The molecule has 1 amide bonds. The van der Waals surface area contributed by atoms with Crippen LogP contribution in [0.2, 0.25) is 0 Å². The fourth-order valence-electron chi connectivity index (χ4n) is 3.32. The number of fused-ring (bicyclic) bond motifs is 1. The number of aromatic nitrogens is 3. The van der Waals surface area contributed by atoms with Crippen molar-refractivity contribution in [3.63, 3.8) is 0 Å². The fourth-order valence-corrected chi connectivity index (χ4v) is 3.32. The second-order valence-corrected chi connectivity index (χ2v) is 6.74. The first-order valence-electron chi connectivity index (χ1n) is 9.33. The lowest BCUT2D eigenvalue weighted by atomic mass is 10.2. The summed E-state index contributed by atoms with van der Waals surface area (Å²) in [5.74, 6) is -0.290. The first-order valence-corrected chi connectivity index (χ1v) is 9.33. The minimum absolute atomic E-state index is 0.151. The van der Waals surface area contributed by atoms with E-state index in [0.29, 0.717) is 22.4 Å². The number of carbonyl (C=O) groups excluding carboxylic acids is 1. The highest BCUT2D eigenvalue weighted by molar-refractivity contribution is 6.07. The smallest absolute Gasteiger partial charge is 0.275 e. The van der Waals surface area contributed by atoms with Crippen molar-refractivity contribution in [2.45, 2.75) is 12.8 Å². The molecule has 144 valence electrons. The zero-order chi connectivity index (χ0) is 19.3. The van der Waals surface area contributed by atoms with Crippen molar-refractivity contribution in [2.75, 3.05) is 36.8 Å². The molecule has 3 heterocycles. The van der Waals surface area contributed by atoms with Gasteiger partial charge in [-0.15, -0.1) is 0 Å². The maximum atomic E-state index is 13.8. The zero-order valence-electron chi connectivity index (χ0n) is 15.4. The average molecular weight is 380 g/mol. The van der Waals surface area contributed by atoms with Crippen LogP contribution in [0.1, 0.15) is 23.3 Å². The van der Waals surface area contributed by atoms with Crippen LogP contribution in [0.3, 0.4) is 0 Å². The third-order valence-corrected chi connectivity index (χ3v) is 4.74. The van der Waals surface area contributed by atoms with Gasteiger partial charge in [0, 0.05) is 24.7 Å². The topological polar surface area (TPSA) is 83.0 Å². The molecule has 0 unspecified atom stereocenters. The van der Waals surface area contributed by atoms with Gasteiger partial charge in [0.2, 0.25) is 0 Å². The average Bonchev–Trinajstić information content (AvgIpc) is 3.22. The molecule has 2 aromatic heterocycles. The molecule has 0 spiro atoms. The molecule has 0 bridgehead atoms. The van der Waals surface area contributed by atoms with Crippen LogP contribution in [0.4, 0.5) is 15.9 Å². The van der Waals surface area contributed by atoms with Gasteiger partial charge in [-0.05, 0) is 44.1 Å². The van der Waals surface area contributed by atoms with Crippen molar-refractivity contribution in [1.82, 2.24) is 19.9 Å². The van der Waals surface area contributed by atoms with Crippen LogP contribution >= 0.6 is 0 Å². The largest absolute Gasteiger partial charge is 0.368 e. The molecular weight excluding hydrogens is 359 g/mol. The van der Waals surface area contributed by atoms with Crippen LogP contribution in [0.5, 0.6) is 0 Å². The molecule has 4 rings (SSSR count). The van der Waals surface area contributed by atoms with E-state index in [-0.39, 0.29) is 5.69 Å². The third-order valence-electron chi connectivity index (χ3n) is 4.74. The first kappa shape index (κ1) is 18.2. The summed E-state index contributed by atoms with van der Waals surface area (Å²) in [6.07, 6.45) is 7.06. The minimum Gasteiger partial charge on any atom is -0.368 e. The Morgan fingerprint density at radius 1 is 1.14 bits per heavy atom. The van der Waals surface area contributed by atoms with E-state index in [4.69, 9.17) is 0 Å². The van der Waals surface area contributed by atoms with Crippen molar-refractivity contribution in [1.29, 1.82) is 0 Å². The fraction of sp³-hybridized carbons (Fsp3) is 0.300. The van der Waals surface area contributed by atoms with Crippen LogP contribution in [0.25, 0.3) is 10.9 Å². The number of benzene rings is 1. The molecule has 0 aliphatic carbocycles. The van der Waals surface area contributed by atoms with Crippen molar-refractivity contribution in [3.05, 3.63) is 54.4 Å². The predicted molar refractivity (Wildman–Crippen MR) is 106 cm³/mol. The molecule has 1 aliphatic rings. The van der Waals surface area contributed by atoms with Crippen molar-refractivity contribution in [2.24, 2.45) is 0 Å². The van der Waals surface area contributed by atoms with Crippen LogP contribution in [0.15, 0.2) is 42.9 Å². The molecule has 2 N–H and O–H groups in total. The summed E-state index contributed by atoms with van der Waals surface area (Å²) < 4.78 is 13.8. The Kier molecular flexibility index (Phi) is 5.38.